The van der Waals surface area contributed by atoms with Gasteiger partial charge in [0.1, 0.15) is 0 Å². The van der Waals surface area contributed by atoms with Crippen LogP contribution in [0.25, 0.3) is 0 Å². The lowest BCUT2D eigenvalue weighted by molar-refractivity contribution is -0.120. The maximum absolute atomic E-state index is 12.7. The van der Waals surface area contributed by atoms with Gasteiger partial charge in [-0.1, -0.05) is 29.8 Å². The first-order chi connectivity index (χ1) is 14.6. The van der Waals surface area contributed by atoms with Gasteiger partial charge in [0.25, 0.3) is 0 Å². The fourth-order valence-electron chi connectivity index (χ4n) is 3.93. The Labute approximate surface area is 183 Å². The highest BCUT2D eigenvalue weighted by molar-refractivity contribution is 6.31. The standard InChI is InChI=1S/C23H29ClN2O4/c1-28-20-12-16(13-21(29-2)23(20)30-3)14-22(27)25-15-19(26-10-6-7-11-26)17-8-4-5-9-18(17)24/h4-5,8-9,12-13,19H,6-7,10-11,14-15H2,1-3H3,(H,25,27). The van der Waals surface area contributed by atoms with E-state index in [2.05, 4.69) is 10.2 Å². The second-order valence-corrected chi connectivity index (χ2v) is 7.70. The average molecular weight is 433 g/mol. The number of ether oxygens (including phenoxy) is 3. The molecule has 1 amide bonds. The molecular formula is C23H29ClN2O4. The number of benzene rings is 2. The van der Waals surface area contributed by atoms with Crippen molar-refractivity contribution in [3.05, 3.63) is 52.5 Å². The number of halogens is 1. The molecule has 0 bridgehead atoms. The molecule has 0 aliphatic carbocycles. The smallest absolute Gasteiger partial charge is 0.224 e. The van der Waals surface area contributed by atoms with E-state index in [1.165, 1.54) is 12.8 Å². The van der Waals surface area contributed by atoms with Crippen LogP contribution in [-0.2, 0) is 11.2 Å². The number of rotatable bonds is 9. The molecule has 30 heavy (non-hydrogen) atoms. The molecule has 1 N–H and O–H groups in total. The van der Waals surface area contributed by atoms with Crippen molar-refractivity contribution in [2.45, 2.75) is 25.3 Å². The van der Waals surface area contributed by atoms with Crippen LogP contribution in [0.15, 0.2) is 36.4 Å². The summed E-state index contributed by atoms with van der Waals surface area (Å²) in [4.78, 5) is 15.1. The number of methoxy groups -OCH3 is 3. The molecule has 0 radical (unpaired) electrons. The van der Waals surface area contributed by atoms with E-state index in [0.29, 0.717) is 23.8 Å². The number of carbonyl (C=O) groups is 1. The van der Waals surface area contributed by atoms with Gasteiger partial charge in [0.05, 0.1) is 33.8 Å². The van der Waals surface area contributed by atoms with Crippen molar-refractivity contribution in [1.29, 1.82) is 0 Å². The summed E-state index contributed by atoms with van der Waals surface area (Å²) >= 11 is 6.46. The second kappa shape index (κ2) is 10.5. The second-order valence-electron chi connectivity index (χ2n) is 7.29. The molecule has 1 fully saturated rings. The maximum Gasteiger partial charge on any atom is 0.224 e. The van der Waals surface area contributed by atoms with Crippen molar-refractivity contribution in [2.75, 3.05) is 41.0 Å². The third-order valence-corrected chi connectivity index (χ3v) is 5.77. The van der Waals surface area contributed by atoms with Gasteiger partial charge in [-0.25, -0.2) is 0 Å². The Kier molecular flexibility index (Phi) is 7.82. The molecule has 0 saturated carbocycles. The van der Waals surface area contributed by atoms with Gasteiger partial charge in [0, 0.05) is 11.6 Å². The predicted molar refractivity (Wildman–Crippen MR) is 118 cm³/mol. The van der Waals surface area contributed by atoms with Crippen LogP contribution in [0, 0.1) is 0 Å². The van der Waals surface area contributed by atoms with E-state index in [1.807, 2.05) is 24.3 Å². The minimum Gasteiger partial charge on any atom is -0.493 e. The van der Waals surface area contributed by atoms with Gasteiger partial charge in [-0.3, -0.25) is 9.69 Å². The quantitative estimate of drug-likeness (QED) is 0.652. The zero-order chi connectivity index (χ0) is 21.5. The van der Waals surface area contributed by atoms with Gasteiger partial charge in [0.15, 0.2) is 11.5 Å². The van der Waals surface area contributed by atoms with Crippen LogP contribution in [0.5, 0.6) is 17.2 Å². The van der Waals surface area contributed by atoms with Crippen LogP contribution in [0.2, 0.25) is 5.02 Å². The lowest BCUT2D eigenvalue weighted by Crippen LogP contribution is -2.37. The van der Waals surface area contributed by atoms with E-state index >= 15 is 0 Å². The highest BCUT2D eigenvalue weighted by Crippen LogP contribution is 2.38. The predicted octanol–water partition coefficient (Wildman–Crippen LogP) is 3.86. The fourth-order valence-corrected chi connectivity index (χ4v) is 4.19. The molecule has 2 aromatic carbocycles. The Morgan fingerprint density at radius 1 is 1.07 bits per heavy atom. The molecular weight excluding hydrogens is 404 g/mol. The Balaban J connectivity index is 1.71. The number of nitrogens with zero attached hydrogens (tertiary/aromatic N) is 1. The van der Waals surface area contributed by atoms with Gasteiger partial charge in [-0.15, -0.1) is 0 Å². The lowest BCUT2D eigenvalue weighted by Gasteiger charge is -2.29. The zero-order valence-electron chi connectivity index (χ0n) is 17.7. The summed E-state index contributed by atoms with van der Waals surface area (Å²) < 4.78 is 16.1. The van der Waals surface area contributed by atoms with Gasteiger partial charge < -0.3 is 19.5 Å². The molecule has 1 saturated heterocycles. The van der Waals surface area contributed by atoms with Crippen molar-refractivity contribution in [1.82, 2.24) is 10.2 Å². The van der Waals surface area contributed by atoms with Crippen molar-refractivity contribution < 1.29 is 19.0 Å². The molecule has 0 spiro atoms. The minimum absolute atomic E-state index is 0.0603. The maximum atomic E-state index is 12.7. The van der Waals surface area contributed by atoms with Crippen LogP contribution in [-0.4, -0.2) is 51.8 Å². The molecule has 0 aromatic heterocycles. The summed E-state index contributed by atoms with van der Waals surface area (Å²) in [6.07, 6.45) is 2.55. The van der Waals surface area contributed by atoms with Crippen LogP contribution in [0.3, 0.4) is 0 Å². The molecule has 2 aromatic rings. The van der Waals surface area contributed by atoms with E-state index in [9.17, 15) is 4.79 Å². The highest BCUT2D eigenvalue weighted by atomic mass is 35.5. The first-order valence-electron chi connectivity index (χ1n) is 10.1. The number of likely N-dealkylation sites (tertiary alicyclic amines) is 1. The molecule has 1 heterocycles. The van der Waals surface area contributed by atoms with Crippen LogP contribution in [0.4, 0.5) is 0 Å². The van der Waals surface area contributed by atoms with E-state index < -0.39 is 0 Å². The molecule has 3 rings (SSSR count). The summed E-state index contributed by atoms with van der Waals surface area (Å²) in [5, 5.41) is 3.82. The number of nitrogens with one attached hydrogen (secondary N) is 1. The Morgan fingerprint density at radius 3 is 2.27 bits per heavy atom. The zero-order valence-corrected chi connectivity index (χ0v) is 18.5. The largest absolute Gasteiger partial charge is 0.493 e. The van der Waals surface area contributed by atoms with Crippen molar-refractivity contribution in [3.63, 3.8) is 0 Å². The van der Waals surface area contributed by atoms with Gasteiger partial charge in [0.2, 0.25) is 11.7 Å². The summed E-state index contributed by atoms with van der Waals surface area (Å²) in [5.41, 5.74) is 1.84. The van der Waals surface area contributed by atoms with Crippen molar-refractivity contribution in [3.8, 4) is 17.2 Å². The van der Waals surface area contributed by atoms with Crippen molar-refractivity contribution in [2.24, 2.45) is 0 Å². The van der Waals surface area contributed by atoms with E-state index in [-0.39, 0.29) is 18.4 Å². The molecule has 162 valence electrons. The summed E-state index contributed by atoms with van der Waals surface area (Å²) in [7, 11) is 4.68. The van der Waals surface area contributed by atoms with Gasteiger partial charge in [-0.2, -0.15) is 0 Å². The van der Waals surface area contributed by atoms with Gasteiger partial charge >= 0.3 is 0 Å². The molecule has 6 nitrogen and oxygen atoms in total. The number of hydrogen-bond acceptors (Lipinski definition) is 5. The van der Waals surface area contributed by atoms with Crippen LogP contribution < -0.4 is 19.5 Å². The van der Waals surface area contributed by atoms with Crippen LogP contribution in [0.1, 0.15) is 30.0 Å². The monoisotopic (exact) mass is 432 g/mol. The third-order valence-electron chi connectivity index (χ3n) is 5.43. The van der Waals surface area contributed by atoms with E-state index in [0.717, 1.165) is 29.2 Å². The molecule has 1 unspecified atom stereocenters. The Hall–Kier alpha value is -2.44. The lowest BCUT2D eigenvalue weighted by atomic mass is 10.0. The SMILES string of the molecule is COc1cc(CC(=O)NCC(c2ccccc2Cl)N2CCCC2)cc(OC)c1OC. The Morgan fingerprint density at radius 2 is 1.70 bits per heavy atom. The van der Waals surface area contributed by atoms with Crippen molar-refractivity contribution >= 4 is 17.5 Å². The van der Waals surface area contributed by atoms with E-state index in [4.69, 9.17) is 25.8 Å². The summed E-state index contributed by atoms with van der Waals surface area (Å²) in [6.45, 7) is 2.53. The van der Waals surface area contributed by atoms with E-state index in [1.54, 1.807) is 33.5 Å². The van der Waals surface area contributed by atoms with Crippen LogP contribution >= 0.6 is 11.6 Å². The first-order valence-corrected chi connectivity index (χ1v) is 10.5. The Bertz CT molecular complexity index is 843. The summed E-state index contributed by atoms with van der Waals surface area (Å²) in [6, 6.07) is 11.5. The molecule has 1 aliphatic rings. The summed E-state index contributed by atoms with van der Waals surface area (Å²) in [5.74, 6) is 1.51. The van der Waals surface area contributed by atoms with Gasteiger partial charge in [-0.05, 0) is 55.3 Å². The first kappa shape index (κ1) is 22.2. The molecule has 1 aliphatic heterocycles. The fraction of sp³-hybridized carbons (Fsp3) is 0.435. The third kappa shape index (κ3) is 5.18. The topological polar surface area (TPSA) is 60.0 Å². The molecule has 7 heteroatoms. The molecule has 1 atom stereocenters. The number of amides is 1. The average Bonchev–Trinajstić information content (AvgIpc) is 3.29. The number of hydrogen-bond donors (Lipinski definition) is 1. The number of carbonyl (C=O) groups excluding carboxylic acids is 1. The highest BCUT2D eigenvalue weighted by Gasteiger charge is 2.25. The minimum atomic E-state index is -0.0690. The normalized spacial score (nSPS) is 14.9.